The normalized spacial score (nSPS) is 8.50. The molecule has 1 nitrogen and oxygen atoms in total. The summed E-state index contributed by atoms with van der Waals surface area (Å²) in [7, 11) is 0. The molecule has 0 bridgehead atoms. The van der Waals surface area contributed by atoms with Gasteiger partial charge in [-0.1, -0.05) is 0 Å². The maximum atomic E-state index is 5.00. The Morgan fingerprint density at radius 2 is 2.38 bits per heavy atom. The average molecular weight is 171 g/mol. The van der Waals surface area contributed by atoms with E-state index in [-0.39, 0.29) is 0 Å². The molecule has 40 valence electrons. The molecule has 1 aromatic heterocycles. The first-order chi connectivity index (χ1) is 3.83. The van der Waals surface area contributed by atoms with E-state index in [9.17, 15) is 0 Å². The van der Waals surface area contributed by atoms with Crippen molar-refractivity contribution in [3.63, 3.8) is 0 Å². The van der Waals surface area contributed by atoms with Crippen LogP contribution in [0.2, 0.25) is 0 Å². The third-order valence-corrected chi connectivity index (χ3v) is 1.14. The van der Waals surface area contributed by atoms with E-state index >= 15 is 0 Å². The van der Waals surface area contributed by atoms with Crippen LogP contribution in [-0.4, -0.2) is 0 Å². The van der Waals surface area contributed by atoms with E-state index in [1.807, 2.05) is 0 Å². The molecular weight excluding hydrogens is 168 g/mol. The predicted molar refractivity (Wildman–Crippen MR) is 34.3 cm³/mol. The Morgan fingerprint density at radius 3 is 2.62 bits per heavy atom. The van der Waals surface area contributed by atoms with Gasteiger partial charge in [0.2, 0.25) is 0 Å². The van der Waals surface area contributed by atoms with E-state index in [1.54, 1.807) is 12.1 Å². The zero-order chi connectivity index (χ0) is 5.98. The lowest BCUT2D eigenvalue weighted by atomic mass is 10.5. The summed E-state index contributed by atoms with van der Waals surface area (Å²) in [5.41, 5.74) is 0. The number of hydrogen-bond acceptors (Lipinski definition) is 1. The van der Waals surface area contributed by atoms with Crippen LogP contribution < -0.4 is 0 Å². The average Bonchev–Trinajstić information content (AvgIpc) is 2.14. The molecule has 0 spiro atoms. The number of terminal acetylenes is 1. The van der Waals surface area contributed by atoms with Gasteiger partial charge >= 0.3 is 0 Å². The van der Waals surface area contributed by atoms with Crippen LogP contribution in [0.3, 0.4) is 0 Å². The van der Waals surface area contributed by atoms with Crippen LogP contribution in [0.5, 0.6) is 0 Å². The quantitative estimate of drug-likeness (QED) is 0.544. The van der Waals surface area contributed by atoms with Crippen LogP contribution in [0.25, 0.3) is 0 Å². The number of halogens is 1. The first kappa shape index (κ1) is 5.46. The Morgan fingerprint density at radius 1 is 1.62 bits per heavy atom. The molecule has 0 N–H and O–H groups in total. The summed E-state index contributed by atoms with van der Waals surface area (Å²) in [6, 6.07) is 3.49. The molecular formula is C6H3BrO. The van der Waals surface area contributed by atoms with Crippen molar-refractivity contribution in [1.82, 2.24) is 0 Å². The summed E-state index contributed by atoms with van der Waals surface area (Å²) < 4.78 is 5.58. The molecule has 0 unspecified atom stereocenters. The van der Waals surface area contributed by atoms with E-state index in [4.69, 9.17) is 10.8 Å². The molecule has 0 saturated carbocycles. The van der Waals surface area contributed by atoms with E-state index in [2.05, 4.69) is 21.9 Å². The maximum Gasteiger partial charge on any atom is 0.178 e. The van der Waals surface area contributed by atoms with Gasteiger partial charge in [-0.15, -0.1) is 6.42 Å². The van der Waals surface area contributed by atoms with Gasteiger partial charge in [0.15, 0.2) is 10.4 Å². The first-order valence-electron chi connectivity index (χ1n) is 2.05. The fourth-order valence-corrected chi connectivity index (χ4v) is 0.698. The second-order valence-corrected chi connectivity index (χ2v) is 2.03. The summed E-state index contributed by atoms with van der Waals surface area (Å²) in [5.74, 6) is 2.90. The Balaban J connectivity index is 3.05. The second kappa shape index (κ2) is 2.06. The van der Waals surface area contributed by atoms with Crippen LogP contribution >= 0.6 is 15.9 Å². The van der Waals surface area contributed by atoms with E-state index in [1.165, 1.54) is 0 Å². The lowest BCUT2D eigenvalue weighted by Gasteiger charge is -1.74. The molecule has 0 aromatic carbocycles. The largest absolute Gasteiger partial charge is 0.441 e. The number of furan rings is 1. The minimum Gasteiger partial charge on any atom is -0.441 e. The van der Waals surface area contributed by atoms with Gasteiger partial charge in [-0.05, 0) is 34.0 Å². The third kappa shape index (κ3) is 0.932. The summed E-state index contributed by atoms with van der Waals surface area (Å²) in [4.78, 5) is 0. The van der Waals surface area contributed by atoms with Gasteiger partial charge in [-0.2, -0.15) is 0 Å². The fraction of sp³-hybridized carbons (Fsp3) is 0. The number of rotatable bonds is 0. The highest BCUT2D eigenvalue weighted by atomic mass is 79.9. The van der Waals surface area contributed by atoms with Crippen molar-refractivity contribution < 1.29 is 4.42 Å². The zero-order valence-electron chi connectivity index (χ0n) is 4.02. The van der Waals surface area contributed by atoms with Crippen molar-refractivity contribution >= 4 is 15.9 Å². The van der Waals surface area contributed by atoms with Crippen LogP contribution in [0.15, 0.2) is 21.2 Å². The topological polar surface area (TPSA) is 13.1 Å². The van der Waals surface area contributed by atoms with Crippen molar-refractivity contribution in [3.05, 3.63) is 22.6 Å². The molecule has 0 radical (unpaired) electrons. The molecule has 0 aliphatic rings. The van der Waals surface area contributed by atoms with E-state index in [0.29, 0.717) is 10.4 Å². The van der Waals surface area contributed by atoms with Crippen molar-refractivity contribution in [2.45, 2.75) is 0 Å². The van der Waals surface area contributed by atoms with Gasteiger partial charge in [0, 0.05) is 0 Å². The van der Waals surface area contributed by atoms with Crippen molar-refractivity contribution in [2.75, 3.05) is 0 Å². The molecule has 0 saturated heterocycles. The van der Waals surface area contributed by atoms with Gasteiger partial charge in [-0.25, -0.2) is 0 Å². The monoisotopic (exact) mass is 170 g/mol. The van der Waals surface area contributed by atoms with Crippen molar-refractivity contribution in [1.29, 1.82) is 0 Å². The van der Waals surface area contributed by atoms with Crippen LogP contribution in [-0.2, 0) is 0 Å². The molecule has 0 atom stereocenters. The molecule has 1 rings (SSSR count). The van der Waals surface area contributed by atoms with Gasteiger partial charge in [0.1, 0.15) is 0 Å². The van der Waals surface area contributed by atoms with Gasteiger partial charge in [-0.3, -0.25) is 0 Å². The van der Waals surface area contributed by atoms with Crippen LogP contribution in [0, 0.1) is 12.3 Å². The molecule has 1 aromatic rings. The van der Waals surface area contributed by atoms with Gasteiger partial charge < -0.3 is 4.42 Å². The minimum atomic E-state index is 0.553. The summed E-state index contributed by atoms with van der Waals surface area (Å²) in [6.07, 6.45) is 5.00. The lowest BCUT2D eigenvalue weighted by Crippen LogP contribution is -1.55. The molecule has 2 heteroatoms. The summed E-state index contributed by atoms with van der Waals surface area (Å²) in [6.45, 7) is 0. The fourth-order valence-electron chi connectivity index (χ4n) is 0.392. The van der Waals surface area contributed by atoms with Crippen LogP contribution in [0.4, 0.5) is 0 Å². The Labute approximate surface area is 55.8 Å². The number of hydrogen-bond donors (Lipinski definition) is 0. The van der Waals surface area contributed by atoms with E-state index in [0.717, 1.165) is 0 Å². The van der Waals surface area contributed by atoms with Gasteiger partial charge in [0.25, 0.3) is 0 Å². The standard InChI is InChI=1S/C6H3BrO/c1-2-5-3-4-6(7)8-5/h1,3-4H. The van der Waals surface area contributed by atoms with Crippen molar-refractivity contribution in [3.8, 4) is 12.3 Å². The molecule has 0 fully saturated rings. The molecule has 0 amide bonds. The highest BCUT2D eigenvalue weighted by Gasteiger charge is 1.90. The zero-order valence-corrected chi connectivity index (χ0v) is 5.60. The summed E-state index contributed by atoms with van der Waals surface area (Å²) >= 11 is 3.11. The SMILES string of the molecule is C#Cc1ccc(Br)o1. The molecule has 1 heterocycles. The summed E-state index contributed by atoms with van der Waals surface area (Å²) in [5, 5.41) is 0. The van der Waals surface area contributed by atoms with Gasteiger partial charge in [0.05, 0.1) is 0 Å². The maximum absolute atomic E-state index is 5.00. The Bertz CT molecular complexity index is 219. The first-order valence-corrected chi connectivity index (χ1v) is 2.84. The van der Waals surface area contributed by atoms with E-state index < -0.39 is 0 Å². The lowest BCUT2D eigenvalue weighted by molar-refractivity contribution is 0.529. The van der Waals surface area contributed by atoms with Crippen LogP contribution in [0.1, 0.15) is 5.76 Å². The highest BCUT2D eigenvalue weighted by Crippen LogP contribution is 2.12. The smallest absolute Gasteiger partial charge is 0.178 e. The Hall–Kier alpha value is -0.680. The minimum absolute atomic E-state index is 0.553. The highest BCUT2D eigenvalue weighted by molar-refractivity contribution is 9.10. The third-order valence-electron chi connectivity index (χ3n) is 0.715. The molecule has 8 heavy (non-hydrogen) atoms. The molecule has 0 aliphatic carbocycles. The second-order valence-electron chi connectivity index (χ2n) is 1.25. The van der Waals surface area contributed by atoms with Crippen molar-refractivity contribution in [2.24, 2.45) is 0 Å². The predicted octanol–water partition coefficient (Wildman–Crippen LogP) is 2.02. The Kier molecular flexibility index (Phi) is 1.40. The molecule has 0 aliphatic heterocycles.